The monoisotopic (exact) mass is 421 g/mol. The summed E-state index contributed by atoms with van der Waals surface area (Å²) in [6, 6.07) is 10.5. The van der Waals surface area contributed by atoms with Crippen LogP contribution < -0.4 is 11.1 Å². The Morgan fingerprint density at radius 1 is 1.26 bits per heavy atom. The van der Waals surface area contributed by atoms with E-state index in [1.807, 2.05) is 6.07 Å². The fourth-order valence-corrected chi connectivity index (χ4v) is 3.60. The number of primary amides is 1. The number of benzene rings is 1. The van der Waals surface area contributed by atoms with Gasteiger partial charge in [0.15, 0.2) is 5.67 Å². The number of alkyl halides is 1. The van der Waals surface area contributed by atoms with Crippen LogP contribution in [0, 0.1) is 6.92 Å². The molecule has 0 bridgehead atoms. The number of nitrogens with zero attached hydrogens (tertiary/aromatic N) is 1. The summed E-state index contributed by atoms with van der Waals surface area (Å²) in [4.78, 5) is 28.5. The van der Waals surface area contributed by atoms with Crippen molar-refractivity contribution in [2.45, 2.75) is 44.5 Å². The number of amides is 2. The molecule has 1 heterocycles. The second-order valence-corrected chi connectivity index (χ2v) is 7.95. The first-order valence-electron chi connectivity index (χ1n) is 10.2. The van der Waals surface area contributed by atoms with Crippen molar-refractivity contribution in [3.05, 3.63) is 88.5 Å². The number of carbonyl (C=O) groups is 2. The molecule has 31 heavy (non-hydrogen) atoms. The minimum Gasteiger partial charge on any atom is -0.488 e. The largest absolute Gasteiger partial charge is 0.488 e. The Labute approximate surface area is 180 Å². The predicted molar refractivity (Wildman–Crippen MR) is 113 cm³/mol. The van der Waals surface area contributed by atoms with Crippen LogP contribution in [0.25, 0.3) is 0 Å². The van der Waals surface area contributed by atoms with Crippen LogP contribution in [0.5, 0.6) is 0 Å². The lowest BCUT2D eigenvalue weighted by molar-refractivity contribution is -0.115. The van der Waals surface area contributed by atoms with Crippen LogP contribution in [0.4, 0.5) is 4.39 Å². The number of aromatic nitrogens is 1. The van der Waals surface area contributed by atoms with E-state index in [1.54, 1.807) is 37.4 Å². The highest BCUT2D eigenvalue weighted by molar-refractivity contribution is 5.95. The van der Waals surface area contributed by atoms with Crippen molar-refractivity contribution in [2.24, 2.45) is 5.73 Å². The second-order valence-electron chi connectivity index (χ2n) is 7.95. The maximum absolute atomic E-state index is 16.7. The van der Waals surface area contributed by atoms with E-state index in [0.717, 1.165) is 12.8 Å². The zero-order chi connectivity index (χ0) is 22.0. The average Bonchev–Trinajstić information content (AvgIpc) is 3.57. The molecule has 4 rings (SSSR count). The fraction of sp³-hybridized carbons (Fsp3) is 0.292. The third-order valence-corrected chi connectivity index (χ3v) is 5.52. The summed E-state index contributed by atoms with van der Waals surface area (Å²) < 4.78 is 22.5. The zero-order valence-corrected chi connectivity index (χ0v) is 17.2. The molecule has 1 unspecified atom stereocenters. The smallest absolute Gasteiger partial charge is 0.251 e. The molecule has 1 saturated carbocycles. The minimum absolute atomic E-state index is 0.0472. The Morgan fingerprint density at radius 2 is 2.06 bits per heavy atom. The van der Waals surface area contributed by atoms with Gasteiger partial charge in [-0.25, -0.2) is 4.39 Å². The van der Waals surface area contributed by atoms with Gasteiger partial charge in [0.2, 0.25) is 5.91 Å². The molecule has 1 aromatic carbocycles. The Hall–Kier alpha value is -3.48. The molecule has 1 fully saturated rings. The first-order valence-corrected chi connectivity index (χ1v) is 10.2. The van der Waals surface area contributed by atoms with E-state index < -0.39 is 11.6 Å². The number of nitrogens with one attached hydrogen (secondary N) is 1. The van der Waals surface area contributed by atoms with Crippen molar-refractivity contribution >= 4 is 11.8 Å². The number of aryl methyl sites for hydroxylation is 1. The van der Waals surface area contributed by atoms with Crippen LogP contribution in [0.3, 0.4) is 0 Å². The lowest BCUT2D eigenvalue weighted by atomic mass is 9.80. The maximum Gasteiger partial charge on any atom is 0.251 e. The fourth-order valence-electron chi connectivity index (χ4n) is 3.60. The number of hydrogen-bond donors (Lipinski definition) is 2. The quantitative estimate of drug-likeness (QED) is 0.717. The highest BCUT2D eigenvalue weighted by Crippen LogP contribution is 2.44. The molecule has 1 aromatic heterocycles. The van der Waals surface area contributed by atoms with Gasteiger partial charge in [-0.15, -0.1) is 0 Å². The van der Waals surface area contributed by atoms with Crippen molar-refractivity contribution in [2.75, 3.05) is 0 Å². The average molecular weight is 421 g/mol. The van der Waals surface area contributed by atoms with Crippen molar-refractivity contribution in [1.29, 1.82) is 0 Å². The standard InChI is InChI=1S/C24H24FN3O3/c1-15-5-6-16(23(30)28-18-8-9-18)12-20(15)24(25)13-17(22(26)29)7-10-21(24)31-14-19-4-2-3-11-27-19/h2-7,10-12,18H,8-9,13-14H2,1H3,(H2,26,29)(H,28,30). The van der Waals surface area contributed by atoms with E-state index >= 15 is 4.39 Å². The van der Waals surface area contributed by atoms with Gasteiger partial charge in [0, 0.05) is 35.4 Å². The summed E-state index contributed by atoms with van der Waals surface area (Å²) in [6.45, 7) is 1.83. The number of pyridine rings is 1. The van der Waals surface area contributed by atoms with Crippen LogP contribution in [0.15, 0.2) is 66.1 Å². The summed E-state index contributed by atoms with van der Waals surface area (Å²) >= 11 is 0. The summed E-state index contributed by atoms with van der Waals surface area (Å²) in [6.07, 6.45) is 6.19. The molecule has 2 amide bonds. The molecule has 160 valence electrons. The summed E-state index contributed by atoms with van der Waals surface area (Å²) in [5.74, 6) is -0.887. The predicted octanol–water partition coefficient (Wildman–Crippen LogP) is 3.36. The van der Waals surface area contributed by atoms with E-state index in [1.165, 1.54) is 18.2 Å². The third kappa shape index (κ3) is 4.50. The van der Waals surface area contributed by atoms with Gasteiger partial charge in [-0.3, -0.25) is 14.6 Å². The summed E-state index contributed by atoms with van der Waals surface area (Å²) in [7, 11) is 0. The number of rotatable bonds is 7. The van der Waals surface area contributed by atoms with Crippen molar-refractivity contribution < 1.29 is 18.7 Å². The van der Waals surface area contributed by atoms with Gasteiger partial charge in [-0.1, -0.05) is 12.1 Å². The zero-order valence-electron chi connectivity index (χ0n) is 17.2. The maximum atomic E-state index is 16.7. The van der Waals surface area contributed by atoms with Crippen LogP contribution in [0.2, 0.25) is 0 Å². The number of carbonyl (C=O) groups excluding carboxylic acids is 2. The number of ether oxygens (including phenoxy) is 1. The van der Waals surface area contributed by atoms with Gasteiger partial charge in [0.05, 0.1) is 5.69 Å². The Kier molecular flexibility index (Phi) is 5.59. The molecule has 1 atom stereocenters. The van der Waals surface area contributed by atoms with E-state index in [9.17, 15) is 9.59 Å². The van der Waals surface area contributed by atoms with E-state index in [-0.39, 0.29) is 41.9 Å². The molecule has 6 nitrogen and oxygen atoms in total. The molecule has 0 radical (unpaired) electrons. The second kappa shape index (κ2) is 8.34. The van der Waals surface area contributed by atoms with Crippen molar-refractivity contribution in [3.8, 4) is 0 Å². The number of allylic oxidation sites excluding steroid dienone is 3. The van der Waals surface area contributed by atoms with Gasteiger partial charge >= 0.3 is 0 Å². The molecule has 0 spiro atoms. The molecule has 2 aliphatic rings. The van der Waals surface area contributed by atoms with Crippen LogP contribution in [-0.2, 0) is 21.8 Å². The minimum atomic E-state index is -2.14. The van der Waals surface area contributed by atoms with E-state index in [4.69, 9.17) is 10.5 Å². The third-order valence-electron chi connectivity index (χ3n) is 5.52. The molecule has 7 heteroatoms. The van der Waals surface area contributed by atoms with Crippen LogP contribution >= 0.6 is 0 Å². The SMILES string of the molecule is Cc1ccc(C(=O)NC2CC2)cc1C1(F)CC(C(N)=O)=CC=C1OCc1ccccn1. The van der Waals surface area contributed by atoms with Gasteiger partial charge in [-0.2, -0.15) is 0 Å². The van der Waals surface area contributed by atoms with E-state index in [0.29, 0.717) is 16.8 Å². The molecular weight excluding hydrogens is 397 g/mol. The van der Waals surface area contributed by atoms with Gasteiger partial charge < -0.3 is 15.8 Å². The number of hydrogen-bond acceptors (Lipinski definition) is 4. The first kappa shape index (κ1) is 20.8. The molecule has 0 aliphatic heterocycles. The first-order chi connectivity index (χ1) is 14.9. The Bertz CT molecular complexity index is 1080. The number of halogens is 1. The van der Waals surface area contributed by atoms with Gasteiger partial charge in [0.25, 0.3) is 5.91 Å². The lowest BCUT2D eigenvalue weighted by Gasteiger charge is -2.32. The van der Waals surface area contributed by atoms with Crippen LogP contribution in [0.1, 0.15) is 46.4 Å². The molecule has 2 aromatic rings. The lowest BCUT2D eigenvalue weighted by Crippen LogP contribution is -2.32. The van der Waals surface area contributed by atoms with Gasteiger partial charge in [0.1, 0.15) is 12.4 Å². The molecule has 0 saturated heterocycles. The normalized spacial score (nSPS) is 20.5. The Morgan fingerprint density at radius 3 is 2.74 bits per heavy atom. The van der Waals surface area contributed by atoms with Crippen molar-refractivity contribution in [1.82, 2.24) is 10.3 Å². The van der Waals surface area contributed by atoms with Gasteiger partial charge in [-0.05, 0) is 61.7 Å². The Balaban J connectivity index is 1.68. The summed E-state index contributed by atoms with van der Waals surface area (Å²) in [5.41, 5.74) is 5.37. The topological polar surface area (TPSA) is 94.3 Å². The molecule has 3 N–H and O–H groups in total. The van der Waals surface area contributed by atoms with Crippen molar-refractivity contribution in [3.63, 3.8) is 0 Å². The van der Waals surface area contributed by atoms with Crippen LogP contribution in [-0.4, -0.2) is 22.8 Å². The van der Waals surface area contributed by atoms with E-state index in [2.05, 4.69) is 10.3 Å². The highest BCUT2D eigenvalue weighted by Gasteiger charge is 2.43. The highest BCUT2D eigenvalue weighted by atomic mass is 19.1. The molecular formula is C24H24FN3O3. The number of nitrogens with two attached hydrogens (primary N) is 1. The molecule has 2 aliphatic carbocycles. The summed E-state index contributed by atoms with van der Waals surface area (Å²) in [5, 5.41) is 2.92.